The van der Waals surface area contributed by atoms with Gasteiger partial charge in [-0.25, -0.2) is 4.98 Å². The summed E-state index contributed by atoms with van der Waals surface area (Å²) >= 11 is 1.71. The third-order valence-electron chi connectivity index (χ3n) is 5.16. The largest absolute Gasteiger partial charge is 0.371 e. The molecular weight excluding hydrogens is 352 g/mol. The molecule has 0 amide bonds. The molecule has 0 atom stereocenters. The van der Waals surface area contributed by atoms with Gasteiger partial charge in [-0.2, -0.15) is 0 Å². The van der Waals surface area contributed by atoms with Crippen LogP contribution in [0.5, 0.6) is 0 Å². The number of nitrogens with one attached hydrogen (secondary N) is 1. The fourth-order valence-electron chi connectivity index (χ4n) is 3.65. The number of piperidine rings is 1. The lowest BCUT2D eigenvalue weighted by Gasteiger charge is -2.34. The molecule has 4 rings (SSSR count). The van der Waals surface area contributed by atoms with Crippen LogP contribution in [-0.4, -0.2) is 35.6 Å². The third-order valence-corrected chi connectivity index (χ3v) is 5.93. The van der Waals surface area contributed by atoms with Crippen LogP contribution in [-0.2, 0) is 6.42 Å². The second-order valence-corrected chi connectivity index (χ2v) is 8.15. The quantitative estimate of drug-likeness (QED) is 0.694. The zero-order valence-electron chi connectivity index (χ0n) is 15.8. The van der Waals surface area contributed by atoms with Gasteiger partial charge in [0.1, 0.15) is 0 Å². The van der Waals surface area contributed by atoms with Crippen LogP contribution < -0.4 is 10.2 Å². The third kappa shape index (κ3) is 4.73. The van der Waals surface area contributed by atoms with E-state index < -0.39 is 0 Å². The average molecular weight is 379 g/mol. The van der Waals surface area contributed by atoms with Crippen molar-refractivity contribution in [2.24, 2.45) is 0 Å². The number of hydrogen-bond donors (Lipinski definition) is 1. The molecule has 0 aliphatic carbocycles. The van der Waals surface area contributed by atoms with Gasteiger partial charge >= 0.3 is 0 Å². The summed E-state index contributed by atoms with van der Waals surface area (Å²) in [7, 11) is 0. The molecule has 1 aromatic carbocycles. The monoisotopic (exact) mass is 378 g/mol. The second-order valence-electron chi connectivity index (χ2n) is 7.09. The van der Waals surface area contributed by atoms with Gasteiger partial charge in [0.05, 0.1) is 10.7 Å². The molecule has 0 unspecified atom stereocenters. The Bertz CT molecular complexity index is 854. The van der Waals surface area contributed by atoms with Crippen molar-refractivity contribution in [2.75, 3.05) is 24.5 Å². The van der Waals surface area contributed by atoms with Crippen LogP contribution in [0, 0.1) is 6.92 Å². The van der Waals surface area contributed by atoms with E-state index in [1.54, 1.807) is 11.3 Å². The highest BCUT2D eigenvalue weighted by Gasteiger charge is 2.19. The normalized spacial score (nSPS) is 15.2. The van der Waals surface area contributed by atoms with Crippen LogP contribution in [0.2, 0.25) is 0 Å². The van der Waals surface area contributed by atoms with E-state index in [2.05, 4.69) is 68.9 Å². The first-order chi connectivity index (χ1) is 13.3. The molecule has 0 spiro atoms. The molecule has 2 aromatic heterocycles. The molecular formula is C22H26N4S. The van der Waals surface area contributed by atoms with Crippen molar-refractivity contribution in [3.63, 3.8) is 0 Å². The highest BCUT2D eigenvalue weighted by atomic mass is 32.1. The zero-order valence-corrected chi connectivity index (χ0v) is 16.6. The lowest BCUT2D eigenvalue weighted by Crippen LogP contribution is -2.43. The summed E-state index contributed by atoms with van der Waals surface area (Å²) < 4.78 is 0. The highest BCUT2D eigenvalue weighted by molar-refractivity contribution is 7.09. The van der Waals surface area contributed by atoms with Crippen molar-refractivity contribution < 1.29 is 0 Å². The molecule has 0 saturated carbocycles. The van der Waals surface area contributed by atoms with Crippen molar-refractivity contribution in [1.82, 2.24) is 15.3 Å². The maximum Gasteiger partial charge on any atom is 0.0901 e. The van der Waals surface area contributed by atoms with Crippen LogP contribution in [0.1, 0.15) is 23.5 Å². The molecule has 5 heteroatoms. The van der Waals surface area contributed by atoms with Gasteiger partial charge in [0.25, 0.3) is 0 Å². The molecule has 1 N–H and O–H groups in total. The van der Waals surface area contributed by atoms with Crippen molar-refractivity contribution in [2.45, 2.75) is 32.2 Å². The van der Waals surface area contributed by atoms with Gasteiger partial charge in [0.2, 0.25) is 0 Å². The van der Waals surface area contributed by atoms with Gasteiger partial charge in [-0.05, 0) is 44.0 Å². The standard InChI is InChI=1S/C22H26N4S/c1-17-25-22(16-27-17)18-5-4-7-21(15-18)26-13-9-20(10-14-26)24-12-8-19-6-2-3-11-23-19/h2-7,11,15-16,20,24H,8-10,12-14H2,1H3. The number of pyridine rings is 1. The topological polar surface area (TPSA) is 41.1 Å². The summed E-state index contributed by atoms with van der Waals surface area (Å²) in [5.41, 5.74) is 4.78. The van der Waals surface area contributed by atoms with E-state index in [-0.39, 0.29) is 0 Å². The molecule has 3 heterocycles. The van der Waals surface area contributed by atoms with Crippen molar-refractivity contribution in [3.05, 3.63) is 64.7 Å². The summed E-state index contributed by atoms with van der Waals surface area (Å²) in [4.78, 5) is 11.5. The second kappa shape index (κ2) is 8.63. The van der Waals surface area contributed by atoms with Gasteiger partial charge in [-0.15, -0.1) is 11.3 Å². The van der Waals surface area contributed by atoms with E-state index in [4.69, 9.17) is 0 Å². The number of nitrogens with zero attached hydrogens (tertiary/aromatic N) is 3. The van der Waals surface area contributed by atoms with Crippen LogP contribution in [0.4, 0.5) is 5.69 Å². The van der Waals surface area contributed by atoms with Gasteiger partial charge in [-0.1, -0.05) is 18.2 Å². The molecule has 1 saturated heterocycles. The Morgan fingerprint density at radius 1 is 1.15 bits per heavy atom. The summed E-state index contributed by atoms with van der Waals surface area (Å²) in [6, 6.07) is 15.5. The van der Waals surface area contributed by atoms with Crippen LogP contribution >= 0.6 is 11.3 Å². The number of rotatable bonds is 6. The summed E-state index contributed by atoms with van der Waals surface area (Å²) in [5, 5.41) is 6.97. The SMILES string of the molecule is Cc1nc(-c2cccc(N3CCC(NCCc4ccccn4)CC3)c2)cs1. The number of hydrogen-bond acceptors (Lipinski definition) is 5. The Kier molecular flexibility index (Phi) is 5.80. The number of thiazole rings is 1. The van der Waals surface area contributed by atoms with E-state index in [9.17, 15) is 0 Å². The zero-order chi connectivity index (χ0) is 18.5. The van der Waals surface area contributed by atoms with Gasteiger partial charge in [0.15, 0.2) is 0 Å². The fraction of sp³-hybridized carbons (Fsp3) is 0.364. The predicted molar refractivity (Wildman–Crippen MR) is 113 cm³/mol. The first kappa shape index (κ1) is 18.1. The lowest BCUT2D eigenvalue weighted by atomic mass is 10.0. The number of benzene rings is 1. The molecule has 0 bridgehead atoms. The Balaban J connectivity index is 1.29. The Morgan fingerprint density at radius 2 is 2.04 bits per heavy atom. The molecule has 0 radical (unpaired) electrons. The fourth-order valence-corrected chi connectivity index (χ4v) is 4.27. The average Bonchev–Trinajstić information content (AvgIpc) is 3.16. The van der Waals surface area contributed by atoms with Gasteiger partial charge in [0, 0.05) is 60.6 Å². The molecule has 1 aliphatic heterocycles. The molecule has 3 aromatic rings. The maximum absolute atomic E-state index is 4.62. The highest BCUT2D eigenvalue weighted by Crippen LogP contribution is 2.27. The summed E-state index contributed by atoms with van der Waals surface area (Å²) in [6.45, 7) is 5.26. The van der Waals surface area contributed by atoms with Gasteiger partial charge < -0.3 is 10.2 Å². The number of aromatic nitrogens is 2. The first-order valence-corrected chi connectivity index (χ1v) is 10.6. The Hall–Kier alpha value is -2.24. The molecule has 1 fully saturated rings. The van der Waals surface area contributed by atoms with E-state index >= 15 is 0 Å². The number of aryl methyl sites for hydroxylation is 1. The van der Waals surface area contributed by atoms with Crippen LogP contribution in [0.25, 0.3) is 11.3 Å². The first-order valence-electron chi connectivity index (χ1n) is 9.69. The van der Waals surface area contributed by atoms with E-state index in [0.717, 1.165) is 42.5 Å². The molecule has 4 nitrogen and oxygen atoms in total. The van der Waals surface area contributed by atoms with E-state index in [0.29, 0.717) is 6.04 Å². The van der Waals surface area contributed by atoms with Crippen LogP contribution in [0.15, 0.2) is 54.0 Å². The number of anilines is 1. The smallest absolute Gasteiger partial charge is 0.0901 e. The lowest BCUT2D eigenvalue weighted by molar-refractivity contribution is 0.417. The molecule has 1 aliphatic rings. The Morgan fingerprint density at radius 3 is 2.78 bits per heavy atom. The van der Waals surface area contributed by atoms with Crippen LogP contribution in [0.3, 0.4) is 0 Å². The van der Waals surface area contributed by atoms with Gasteiger partial charge in [-0.3, -0.25) is 4.98 Å². The molecule has 27 heavy (non-hydrogen) atoms. The predicted octanol–water partition coefficient (Wildman–Crippen LogP) is 4.31. The van der Waals surface area contributed by atoms with E-state index in [1.165, 1.54) is 24.1 Å². The minimum absolute atomic E-state index is 0.606. The molecule has 140 valence electrons. The summed E-state index contributed by atoms with van der Waals surface area (Å²) in [5.74, 6) is 0. The minimum atomic E-state index is 0.606. The van der Waals surface area contributed by atoms with E-state index in [1.807, 2.05) is 12.3 Å². The summed E-state index contributed by atoms with van der Waals surface area (Å²) in [6.07, 6.45) is 5.23. The maximum atomic E-state index is 4.62. The van der Waals surface area contributed by atoms with Crippen molar-refractivity contribution in [1.29, 1.82) is 0 Å². The van der Waals surface area contributed by atoms with Crippen molar-refractivity contribution >= 4 is 17.0 Å². The minimum Gasteiger partial charge on any atom is -0.371 e. The van der Waals surface area contributed by atoms with Crippen molar-refractivity contribution in [3.8, 4) is 11.3 Å². The Labute approximate surface area is 165 Å².